The first-order valence-electron chi connectivity index (χ1n) is 7.36. The van der Waals surface area contributed by atoms with Gasteiger partial charge in [0.15, 0.2) is 23.0 Å². The highest BCUT2D eigenvalue weighted by Crippen LogP contribution is 2.32. The van der Waals surface area contributed by atoms with Gasteiger partial charge in [0.1, 0.15) is 0 Å². The van der Waals surface area contributed by atoms with Crippen LogP contribution in [0, 0.1) is 0 Å². The van der Waals surface area contributed by atoms with Gasteiger partial charge in [-0.25, -0.2) is 0 Å². The summed E-state index contributed by atoms with van der Waals surface area (Å²) in [6, 6.07) is 9.60. The van der Waals surface area contributed by atoms with Gasteiger partial charge in [-0.3, -0.25) is 9.50 Å². The van der Waals surface area contributed by atoms with E-state index in [-0.39, 0.29) is 0 Å². The summed E-state index contributed by atoms with van der Waals surface area (Å²) in [7, 11) is 3.22. The molecule has 1 N–H and O–H groups in total. The van der Waals surface area contributed by atoms with Crippen LogP contribution in [0.2, 0.25) is 0 Å². The zero-order valence-corrected chi connectivity index (χ0v) is 13.2. The SMILES string of the molecule is COc1ccc(-c2nnc3ccc(-c4cn[nH]c4)cn23)cc1OC. The number of pyridine rings is 1. The molecular weight excluding hydrogens is 306 g/mol. The van der Waals surface area contributed by atoms with Crippen LogP contribution in [0.3, 0.4) is 0 Å². The molecule has 0 saturated heterocycles. The molecule has 0 fully saturated rings. The molecule has 0 radical (unpaired) electrons. The van der Waals surface area contributed by atoms with Crippen molar-refractivity contribution in [1.29, 1.82) is 0 Å². The second-order valence-electron chi connectivity index (χ2n) is 5.23. The van der Waals surface area contributed by atoms with E-state index >= 15 is 0 Å². The number of aromatic amines is 1. The number of aromatic nitrogens is 5. The van der Waals surface area contributed by atoms with E-state index in [0.29, 0.717) is 11.5 Å². The van der Waals surface area contributed by atoms with Gasteiger partial charge in [-0.05, 0) is 30.3 Å². The number of fused-ring (bicyclic) bond motifs is 1. The Balaban J connectivity index is 1.86. The number of nitrogens with zero attached hydrogens (tertiary/aromatic N) is 4. The Kier molecular flexibility index (Phi) is 3.38. The lowest BCUT2D eigenvalue weighted by Crippen LogP contribution is -1.94. The van der Waals surface area contributed by atoms with Crippen molar-refractivity contribution in [2.45, 2.75) is 0 Å². The number of ether oxygens (including phenoxy) is 2. The fourth-order valence-electron chi connectivity index (χ4n) is 2.64. The van der Waals surface area contributed by atoms with Crippen LogP contribution in [-0.4, -0.2) is 39.0 Å². The average Bonchev–Trinajstić information content (AvgIpc) is 3.30. The van der Waals surface area contributed by atoms with E-state index in [9.17, 15) is 0 Å². The Morgan fingerprint density at radius 1 is 0.917 bits per heavy atom. The van der Waals surface area contributed by atoms with E-state index in [0.717, 1.165) is 28.2 Å². The lowest BCUT2D eigenvalue weighted by molar-refractivity contribution is 0.355. The van der Waals surface area contributed by atoms with Crippen molar-refractivity contribution in [3.8, 4) is 34.0 Å². The number of hydrogen-bond donors (Lipinski definition) is 1. The van der Waals surface area contributed by atoms with Crippen molar-refractivity contribution in [3.05, 3.63) is 48.9 Å². The molecular formula is C17H15N5O2. The summed E-state index contributed by atoms with van der Waals surface area (Å²) in [4.78, 5) is 0. The number of H-pyrrole nitrogens is 1. The monoisotopic (exact) mass is 321 g/mol. The molecule has 0 bridgehead atoms. The predicted molar refractivity (Wildman–Crippen MR) is 89.1 cm³/mol. The smallest absolute Gasteiger partial charge is 0.168 e. The molecule has 0 aliphatic rings. The highest BCUT2D eigenvalue weighted by atomic mass is 16.5. The quantitative estimate of drug-likeness (QED) is 0.625. The summed E-state index contributed by atoms with van der Waals surface area (Å²) in [6.45, 7) is 0. The molecule has 1 aromatic carbocycles. The van der Waals surface area contributed by atoms with Gasteiger partial charge >= 0.3 is 0 Å². The van der Waals surface area contributed by atoms with E-state index in [1.165, 1.54) is 0 Å². The van der Waals surface area contributed by atoms with Crippen LogP contribution in [0.1, 0.15) is 0 Å². The minimum Gasteiger partial charge on any atom is -0.493 e. The van der Waals surface area contributed by atoms with Gasteiger partial charge in [0.2, 0.25) is 0 Å². The van der Waals surface area contributed by atoms with Crippen molar-refractivity contribution in [2.24, 2.45) is 0 Å². The summed E-state index contributed by atoms with van der Waals surface area (Å²) in [5, 5.41) is 15.4. The number of nitrogens with one attached hydrogen (secondary N) is 1. The summed E-state index contributed by atoms with van der Waals surface area (Å²) in [6.07, 6.45) is 5.62. The third-order valence-electron chi connectivity index (χ3n) is 3.88. The molecule has 4 rings (SSSR count). The van der Waals surface area contributed by atoms with E-state index in [1.807, 2.05) is 47.1 Å². The molecule has 0 spiro atoms. The Morgan fingerprint density at radius 2 is 1.75 bits per heavy atom. The molecule has 3 heterocycles. The van der Waals surface area contributed by atoms with E-state index in [4.69, 9.17) is 9.47 Å². The van der Waals surface area contributed by atoms with Crippen LogP contribution in [0.5, 0.6) is 11.5 Å². The summed E-state index contributed by atoms with van der Waals surface area (Å²) < 4.78 is 12.6. The van der Waals surface area contributed by atoms with Crippen molar-refractivity contribution in [2.75, 3.05) is 14.2 Å². The number of rotatable bonds is 4. The second-order valence-corrected chi connectivity index (χ2v) is 5.23. The number of hydrogen-bond acceptors (Lipinski definition) is 5. The normalized spacial score (nSPS) is 10.9. The predicted octanol–water partition coefficient (Wildman–Crippen LogP) is 2.80. The minimum absolute atomic E-state index is 0.651. The van der Waals surface area contributed by atoms with Gasteiger partial charge < -0.3 is 9.47 Å². The molecule has 4 aromatic rings. The molecule has 0 atom stereocenters. The summed E-state index contributed by atoms with van der Waals surface area (Å²) in [5.41, 5.74) is 3.69. The third kappa shape index (κ3) is 2.26. The molecule has 0 amide bonds. The van der Waals surface area contributed by atoms with Crippen LogP contribution >= 0.6 is 0 Å². The molecule has 7 heteroatoms. The highest BCUT2D eigenvalue weighted by molar-refractivity contribution is 5.68. The second kappa shape index (κ2) is 5.69. The van der Waals surface area contributed by atoms with E-state index < -0.39 is 0 Å². The largest absolute Gasteiger partial charge is 0.493 e. The first-order valence-corrected chi connectivity index (χ1v) is 7.36. The first-order chi connectivity index (χ1) is 11.8. The fraction of sp³-hybridized carbons (Fsp3) is 0.118. The zero-order valence-electron chi connectivity index (χ0n) is 13.2. The van der Waals surface area contributed by atoms with Crippen molar-refractivity contribution in [1.82, 2.24) is 24.8 Å². The van der Waals surface area contributed by atoms with Crippen molar-refractivity contribution in [3.63, 3.8) is 0 Å². The molecule has 0 saturated carbocycles. The van der Waals surface area contributed by atoms with Gasteiger partial charge in [0, 0.05) is 29.1 Å². The summed E-state index contributed by atoms with van der Waals surface area (Å²) in [5.74, 6) is 2.06. The third-order valence-corrected chi connectivity index (χ3v) is 3.88. The number of methoxy groups -OCH3 is 2. The maximum atomic E-state index is 5.37. The molecule has 120 valence electrons. The van der Waals surface area contributed by atoms with Gasteiger partial charge in [-0.1, -0.05) is 0 Å². The Labute approximate surface area is 137 Å². The standard InChI is InChI=1S/C17H15N5O2/c1-23-14-5-3-11(7-15(14)24-2)17-21-20-16-6-4-12(10-22(16)17)13-8-18-19-9-13/h3-10H,1-2H3,(H,18,19). The van der Waals surface area contributed by atoms with Crippen LogP contribution < -0.4 is 9.47 Å². The lowest BCUT2D eigenvalue weighted by atomic mass is 10.1. The van der Waals surface area contributed by atoms with Crippen molar-refractivity contribution < 1.29 is 9.47 Å². The topological polar surface area (TPSA) is 77.3 Å². The van der Waals surface area contributed by atoms with Gasteiger partial charge in [-0.2, -0.15) is 5.10 Å². The van der Waals surface area contributed by atoms with Crippen LogP contribution in [0.15, 0.2) is 48.9 Å². The van der Waals surface area contributed by atoms with Gasteiger partial charge in [0.05, 0.1) is 20.4 Å². The van der Waals surface area contributed by atoms with Crippen molar-refractivity contribution >= 4 is 5.65 Å². The van der Waals surface area contributed by atoms with E-state index in [1.54, 1.807) is 20.4 Å². The van der Waals surface area contributed by atoms with Gasteiger partial charge in [0.25, 0.3) is 0 Å². The first kappa shape index (κ1) is 14.3. The molecule has 7 nitrogen and oxygen atoms in total. The Bertz CT molecular complexity index is 992. The molecule has 24 heavy (non-hydrogen) atoms. The maximum absolute atomic E-state index is 5.37. The molecule has 0 aliphatic carbocycles. The Morgan fingerprint density at radius 3 is 2.50 bits per heavy atom. The molecule has 3 aromatic heterocycles. The van der Waals surface area contributed by atoms with Crippen LogP contribution in [0.4, 0.5) is 0 Å². The summed E-state index contributed by atoms with van der Waals surface area (Å²) >= 11 is 0. The highest BCUT2D eigenvalue weighted by Gasteiger charge is 2.12. The maximum Gasteiger partial charge on any atom is 0.168 e. The minimum atomic E-state index is 0.651. The zero-order chi connectivity index (χ0) is 16.5. The van der Waals surface area contributed by atoms with Crippen LogP contribution in [-0.2, 0) is 0 Å². The van der Waals surface area contributed by atoms with E-state index in [2.05, 4.69) is 20.4 Å². The lowest BCUT2D eigenvalue weighted by Gasteiger charge is -2.09. The van der Waals surface area contributed by atoms with Crippen LogP contribution in [0.25, 0.3) is 28.2 Å². The average molecular weight is 321 g/mol. The molecule has 0 aliphatic heterocycles. The Hall–Kier alpha value is -3.35. The van der Waals surface area contributed by atoms with Gasteiger partial charge in [-0.15, -0.1) is 10.2 Å². The fourth-order valence-corrected chi connectivity index (χ4v) is 2.64. The molecule has 0 unspecified atom stereocenters. The number of benzene rings is 1.